The van der Waals surface area contributed by atoms with Crippen LogP contribution in [0.25, 0.3) is 0 Å². The van der Waals surface area contributed by atoms with E-state index in [0.717, 1.165) is 15.1 Å². The molecular weight excluding hydrogens is 341 g/mol. The van der Waals surface area contributed by atoms with E-state index in [1.54, 1.807) is 19.1 Å². The Morgan fingerprint density at radius 3 is 2.62 bits per heavy atom. The molecule has 0 aliphatic carbocycles. The van der Waals surface area contributed by atoms with E-state index in [0.29, 0.717) is 0 Å². The number of rotatable bonds is 6. The molecule has 0 fully saturated rings. The van der Waals surface area contributed by atoms with Crippen LogP contribution in [-0.2, 0) is 9.53 Å². The van der Waals surface area contributed by atoms with Crippen LogP contribution in [0, 0.1) is 0 Å². The minimum Gasteiger partial charge on any atom is -0.458 e. The Bertz CT molecular complexity index is 674. The van der Waals surface area contributed by atoms with E-state index >= 15 is 0 Å². The summed E-state index contributed by atoms with van der Waals surface area (Å²) >= 11 is 1.48. The van der Waals surface area contributed by atoms with Crippen molar-refractivity contribution >= 4 is 17.7 Å². The van der Waals surface area contributed by atoms with Crippen LogP contribution in [-0.4, -0.2) is 28.2 Å². The van der Waals surface area contributed by atoms with Crippen molar-refractivity contribution in [3.05, 3.63) is 48.3 Å². The van der Waals surface area contributed by atoms with Gasteiger partial charge in [0.05, 0.1) is 6.42 Å². The number of carbonyl (C=O) groups excluding carboxylic acids is 1. The van der Waals surface area contributed by atoms with Gasteiger partial charge in [0.15, 0.2) is 6.04 Å². The fraction of sp³-hybridized carbons (Fsp3) is 0.375. The first kappa shape index (κ1) is 18.4. The summed E-state index contributed by atoms with van der Waals surface area (Å²) in [6.45, 7) is 1.64. The first-order valence-electron chi connectivity index (χ1n) is 7.21. The largest absolute Gasteiger partial charge is 0.458 e. The lowest BCUT2D eigenvalue weighted by Crippen LogP contribution is -2.30. The SMILES string of the molecule is CSc1ccccc1[C@H](C)OC(=O)CC(n1cccn1)C(F)(F)F. The summed E-state index contributed by atoms with van der Waals surface area (Å²) in [5, 5.41) is 3.59. The number of ether oxygens (including phenoxy) is 1. The van der Waals surface area contributed by atoms with Crippen LogP contribution in [0.4, 0.5) is 13.2 Å². The van der Waals surface area contributed by atoms with Gasteiger partial charge in [-0.05, 0) is 25.3 Å². The van der Waals surface area contributed by atoms with Gasteiger partial charge in [0.25, 0.3) is 0 Å². The number of aromatic nitrogens is 2. The molecule has 0 aliphatic rings. The molecule has 0 radical (unpaired) electrons. The standard InChI is InChI=1S/C16H17F3N2O2S/c1-11(12-6-3-4-7-13(12)24-2)23-15(22)10-14(16(17,18)19)21-9-5-8-20-21/h3-9,11,14H,10H2,1-2H3/t11-,14?/m0/s1. The number of halogens is 3. The monoisotopic (exact) mass is 358 g/mol. The Hall–Kier alpha value is -1.96. The minimum absolute atomic E-state index is 0.632. The lowest BCUT2D eigenvalue weighted by molar-refractivity contribution is -0.182. The Morgan fingerprint density at radius 1 is 1.33 bits per heavy atom. The van der Waals surface area contributed by atoms with E-state index in [9.17, 15) is 18.0 Å². The molecule has 0 saturated carbocycles. The predicted molar refractivity (Wildman–Crippen MR) is 84.7 cm³/mol. The van der Waals surface area contributed by atoms with Gasteiger partial charge in [-0.25, -0.2) is 0 Å². The average Bonchev–Trinajstić information content (AvgIpc) is 3.05. The molecule has 1 heterocycles. The van der Waals surface area contributed by atoms with Crippen molar-refractivity contribution < 1.29 is 22.7 Å². The molecule has 4 nitrogen and oxygen atoms in total. The number of esters is 1. The average molecular weight is 358 g/mol. The maximum Gasteiger partial charge on any atom is 0.411 e. The number of carbonyl (C=O) groups is 1. The normalized spacial score (nSPS) is 14.2. The zero-order valence-corrected chi connectivity index (χ0v) is 14.0. The lowest BCUT2D eigenvalue weighted by atomic mass is 10.1. The second-order valence-electron chi connectivity index (χ2n) is 5.12. The maximum absolute atomic E-state index is 13.2. The molecule has 24 heavy (non-hydrogen) atoms. The van der Waals surface area contributed by atoms with Crippen LogP contribution >= 0.6 is 11.8 Å². The van der Waals surface area contributed by atoms with E-state index in [2.05, 4.69) is 5.10 Å². The van der Waals surface area contributed by atoms with Crippen molar-refractivity contribution in [2.45, 2.75) is 36.6 Å². The van der Waals surface area contributed by atoms with Crippen LogP contribution in [0.15, 0.2) is 47.6 Å². The quantitative estimate of drug-likeness (QED) is 0.567. The number of thioether (sulfide) groups is 1. The van der Waals surface area contributed by atoms with Crippen LogP contribution in [0.5, 0.6) is 0 Å². The fourth-order valence-corrected chi connectivity index (χ4v) is 2.98. The molecule has 2 atom stereocenters. The highest BCUT2D eigenvalue weighted by atomic mass is 32.2. The smallest absolute Gasteiger partial charge is 0.411 e. The second-order valence-corrected chi connectivity index (χ2v) is 5.97. The van der Waals surface area contributed by atoms with Gasteiger partial charge in [0.2, 0.25) is 0 Å². The van der Waals surface area contributed by atoms with Crippen LogP contribution in [0.2, 0.25) is 0 Å². The van der Waals surface area contributed by atoms with E-state index < -0.39 is 30.7 Å². The molecule has 0 saturated heterocycles. The fourth-order valence-electron chi connectivity index (χ4n) is 2.29. The van der Waals surface area contributed by atoms with Gasteiger partial charge in [0, 0.05) is 22.9 Å². The van der Waals surface area contributed by atoms with Gasteiger partial charge < -0.3 is 4.74 Å². The van der Waals surface area contributed by atoms with Crippen molar-refractivity contribution in [1.82, 2.24) is 9.78 Å². The Morgan fingerprint density at radius 2 is 2.04 bits per heavy atom. The Balaban J connectivity index is 2.08. The number of hydrogen-bond donors (Lipinski definition) is 0. The third kappa shape index (κ3) is 4.53. The molecule has 0 spiro atoms. The number of alkyl halides is 3. The third-order valence-corrected chi connectivity index (χ3v) is 4.28. The molecule has 0 aliphatic heterocycles. The highest BCUT2D eigenvalue weighted by Gasteiger charge is 2.43. The highest BCUT2D eigenvalue weighted by molar-refractivity contribution is 7.98. The molecule has 0 amide bonds. The molecule has 1 aromatic heterocycles. The second kappa shape index (κ2) is 7.74. The molecular formula is C16H17F3N2O2S. The molecule has 1 unspecified atom stereocenters. The van der Waals surface area contributed by atoms with Gasteiger partial charge in [-0.2, -0.15) is 18.3 Å². The number of hydrogen-bond acceptors (Lipinski definition) is 4. The first-order valence-corrected chi connectivity index (χ1v) is 8.43. The molecule has 8 heteroatoms. The molecule has 0 bridgehead atoms. The highest BCUT2D eigenvalue weighted by Crippen LogP contribution is 2.34. The van der Waals surface area contributed by atoms with Crippen molar-refractivity contribution in [3.8, 4) is 0 Å². The van der Waals surface area contributed by atoms with Crippen molar-refractivity contribution in [3.63, 3.8) is 0 Å². The minimum atomic E-state index is -4.59. The van der Waals surface area contributed by atoms with Crippen LogP contribution in [0.3, 0.4) is 0 Å². The van der Waals surface area contributed by atoms with E-state index in [1.165, 1.54) is 30.2 Å². The third-order valence-electron chi connectivity index (χ3n) is 3.47. The number of benzene rings is 1. The summed E-state index contributed by atoms with van der Waals surface area (Å²) in [5.41, 5.74) is 0.765. The zero-order chi connectivity index (χ0) is 17.7. The summed E-state index contributed by atoms with van der Waals surface area (Å²) < 4.78 is 45.4. The van der Waals surface area contributed by atoms with Crippen molar-refractivity contribution in [1.29, 1.82) is 0 Å². The van der Waals surface area contributed by atoms with Crippen LogP contribution < -0.4 is 0 Å². The molecule has 2 aromatic rings. The first-order chi connectivity index (χ1) is 11.3. The molecule has 0 N–H and O–H groups in total. The van der Waals surface area contributed by atoms with E-state index in [1.807, 2.05) is 18.4 Å². The van der Waals surface area contributed by atoms with Crippen molar-refractivity contribution in [2.24, 2.45) is 0 Å². The van der Waals surface area contributed by atoms with Crippen molar-refractivity contribution in [2.75, 3.05) is 6.26 Å². The van der Waals surface area contributed by atoms with Crippen LogP contribution in [0.1, 0.15) is 31.1 Å². The van der Waals surface area contributed by atoms with Gasteiger partial charge in [0.1, 0.15) is 6.10 Å². The van der Waals surface area contributed by atoms with Gasteiger partial charge in [-0.1, -0.05) is 18.2 Å². The van der Waals surface area contributed by atoms with E-state index in [4.69, 9.17) is 4.74 Å². The summed E-state index contributed by atoms with van der Waals surface area (Å²) in [4.78, 5) is 12.9. The summed E-state index contributed by atoms with van der Waals surface area (Å²) in [7, 11) is 0. The lowest BCUT2D eigenvalue weighted by Gasteiger charge is -2.22. The van der Waals surface area contributed by atoms with Gasteiger partial charge >= 0.3 is 12.1 Å². The zero-order valence-electron chi connectivity index (χ0n) is 13.2. The van der Waals surface area contributed by atoms with Gasteiger partial charge in [-0.15, -0.1) is 11.8 Å². The van der Waals surface area contributed by atoms with Gasteiger partial charge in [-0.3, -0.25) is 9.48 Å². The summed E-state index contributed by atoms with van der Waals surface area (Å²) in [6.07, 6.45) is -1.75. The number of nitrogens with zero attached hydrogens (tertiary/aromatic N) is 2. The summed E-state index contributed by atoms with van der Waals surface area (Å²) in [6, 6.07) is 6.64. The molecule has 2 rings (SSSR count). The van der Waals surface area contributed by atoms with E-state index in [-0.39, 0.29) is 0 Å². The summed E-state index contributed by atoms with van der Waals surface area (Å²) in [5.74, 6) is -0.920. The topological polar surface area (TPSA) is 44.1 Å². The molecule has 1 aromatic carbocycles. The predicted octanol–water partition coefficient (Wildman–Crippen LogP) is 4.40. The Labute approximate surface area is 142 Å². The Kier molecular flexibility index (Phi) is 5.93. The molecule has 130 valence electrons. The maximum atomic E-state index is 13.2.